The highest BCUT2D eigenvalue weighted by atomic mass is 35.5. The normalized spacial score (nSPS) is 12.9. The Morgan fingerprint density at radius 3 is 2.56 bits per heavy atom. The Morgan fingerprint density at radius 2 is 1.85 bits per heavy atom. The first-order valence-electron chi connectivity index (χ1n) is 10.3. The number of benzene rings is 2. The Labute approximate surface area is 201 Å². The van der Waals surface area contributed by atoms with Crippen LogP contribution in [0.2, 0.25) is 5.02 Å². The van der Waals surface area contributed by atoms with E-state index in [9.17, 15) is 17.6 Å². The Morgan fingerprint density at radius 1 is 1.03 bits per heavy atom. The van der Waals surface area contributed by atoms with Crippen LogP contribution < -0.4 is 0 Å². The van der Waals surface area contributed by atoms with Crippen LogP contribution in [0.15, 0.2) is 67.0 Å². The minimum atomic E-state index is -4.42. The molecule has 0 amide bonds. The second-order valence-electron chi connectivity index (χ2n) is 7.82. The molecule has 1 N–H and O–H groups in total. The lowest BCUT2D eigenvalue weighted by molar-refractivity contribution is -0.145. The summed E-state index contributed by atoms with van der Waals surface area (Å²) in [5.74, 6) is -2.17. The molecule has 34 heavy (non-hydrogen) atoms. The van der Waals surface area contributed by atoms with Gasteiger partial charge in [0, 0.05) is 39.3 Å². The van der Waals surface area contributed by atoms with Crippen LogP contribution in [0.5, 0.6) is 0 Å². The predicted molar refractivity (Wildman–Crippen MR) is 128 cm³/mol. The van der Waals surface area contributed by atoms with Crippen LogP contribution in [-0.4, -0.2) is 21.1 Å². The van der Waals surface area contributed by atoms with Crippen molar-refractivity contribution in [3.05, 3.63) is 82.7 Å². The molecule has 0 spiro atoms. The molecular weight excluding hydrogens is 486 g/mol. The first-order chi connectivity index (χ1) is 16.2. The summed E-state index contributed by atoms with van der Waals surface area (Å²) in [5.41, 5.74) is 2.87. The van der Waals surface area contributed by atoms with Gasteiger partial charge in [-0.15, -0.1) is 11.3 Å². The van der Waals surface area contributed by atoms with Gasteiger partial charge >= 0.3 is 6.18 Å². The molecule has 5 aromatic rings. The highest BCUT2D eigenvalue weighted by Crippen LogP contribution is 2.45. The van der Waals surface area contributed by atoms with E-state index in [0.29, 0.717) is 32.7 Å². The SMILES string of the molecule is CC(c1sc(-c2cccnc2)nc1-c1ccc2[nH]c(-c3c(F)cccc3Cl)cc2c1)C(F)(F)F. The van der Waals surface area contributed by atoms with Crippen molar-refractivity contribution in [2.45, 2.75) is 19.0 Å². The summed E-state index contributed by atoms with van der Waals surface area (Å²) in [7, 11) is 0. The number of rotatable bonds is 4. The molecule has 0 aliphatic heterocycles. The molecule has 9 heteroatoms. The Bertz CT molecular complexity index is 1470. The van der Waals surface area contributed by atoms with E-state index in [0.717, 1.165) is 18.3 Å². The number of nitrogens with zero attached hydrogens (tertiary/aromatic N) is 2. The van der Waals surface area contributed by atoms with E-state index in [-0.39, 0.29) is 21.2 Å². The number of fused-ring (bicyclic) bond motifs is 1. The first-order valence-corrected chi connectivity index (χ1v) is 11.5. The fourth-order valence-corrected chi connectivity index (χ4v) is 5.18. The maximum Gasteiger partial charge on any atom is 0.396 e. The summed E-state index contributed by atoms with van der Waals surface area (Å²) < 4.78 is 55.4. The minimum absolute atomic E-state index is 0.124. The van der Waals surface area contributed by atoms with Gasteiger partial charge in [0.25, 0.3) is 0 Å². The molecule has 0 radical (unpaired) electrons. The molecule has 172 valence electrons. The maximum atomic E-state index is 14.4. The van der Waals surface area contributed by atoms with Gasteiger partial charge in [-0.2, -0.15) is 13.2 Å². The van der Waals surface area contributed by atoms with E-state index < -0.39 is 17.9 Å². The molecule has 0 aliphatic rings. The van der Waals surface area contributed by atoms with Gasteiger partial charge in [0.1, 0.15) is 10.8 Å². The van der Waals surface area contributed by atoms with Crippen LogP contribution in [0.4, 0.5) is 17.6 Å². The zero-order valence-electron chi connectivity index (χ0n) is 17.6. The third-order valence-electron chi connectivity index (χ3n) is 5.57. The van der Waals surface area contributed by atoms with Gasteiger partial charge in [-0.25, -0.2) is 9.37 Å². The molecular formula is C25H16ClF4N3S. The van der Waals surface area contributed by atoms with Crippen molar-refractivity contribution in [2.24, 2.45) is 0 Å². The van der Waals surface area contributed by atoms with Crippen molar-refractivity contribution in [3.63, 3.8) is 0 Å². The summed E-state index contributed by atoms with van der Waals surface area (Å²) in [5, 5.41) is 1.42. The van der Waals surface area contributed by atoms with Crippen molar-refractivity contribution in [2.75, 3.05) is 0 Å². The van der Waals surface area contributed by atoms with Crippen LogP contribution in [0, 0.1) is 5.82 Å². The summed E-state index contributed by atoms with van der Waals surface area (Å²) in [4.78, 5) is 11.9. The predicted octanol–water partition coefficient (Wildman–Crippen LogP) is 8.48. The van der Waals surface area contributed by atoms with Gasteiger partial charge in [0.15, 0.2) is 0 Å². The number of aromatic nitrogens is 3. The number of aromatic amines is 1. The Hall–Kier alpha value is -3.23. The monoisotopic (exact) mass is 501 g/mol. The van der Waals surface area contributed by atoms with E-state index in [2.05, 4.69) is 15.0 Å². The molecule has 0 saturated heterocycles. The van der Waals surface area contributed by atoms with Gasteiger partial charge in [0.05, 0.1) is 27.9 Å². The molecule has 3 aromatic heterocycles. The van der Waals surface area contributed by atoms with Crippen LogP contribution in [-0.2, 0) is 0 Å². The number of H-pyrrole nitrogens is 1. The van der Waals surface area contributed by atoms with Gasteiger partial charge in [-0.05, 0) is 49.4 Å². The highest BCUT2D eigenvalue weighted by Gasteiger charge is 2.40. The summed E-state index contributed by atoms with van der Waals surface area (Å²) >= 11 is 7.21. The Balaban J connectivity index is 1.65. The Kier molecular flexibility index (Phi) is 5.65. The zero-order valence-corrected chi connectivity index (χ0v) is 19.2. The second-order valence-corrected chi connectivity index (χ2v) is 9.26. The number of thiazole rings is 1. The molecule has 0 saturated carbocycles. The molecule has 0 fully saturated rings. The molecule has 3 heterocycles. The fourth-order valence-electron chi connectivity index (χ4n) is 3.76. The summed E-state index contributed by atoms with van der Waals surface area (Å²) in [6.07, 6.45) is -1.25. The summed E-state index contributed by atoms with van der Waals surface area (Å²) in [6.45, 7) is 1.14. The fraction of sp³-hybridized carbons (Fsp3) is 0.120. The zero-order chi connectivity index (χ0) is 24.0. The maximum absolute atomic E-state index is 14.4. The minimum Gasteiger partial charge on any atom is -0.354 e. The number of halogens is 5. The van der Waals surface area contributed by atoms with E-state index in [4.69, 9.17) is 11.6 Å². The third kappa shape index (κ3) is 4.08. The summed E-state index contributed by atoms with van der Waals surface area (Å²) in [6, 6.07) is 14.8. The van der Waals surface area contributed by atoms with Crippen LogP contribution in [0.25, 0.3) is 44.0 Å². The van der Waals surface area contributed by atoms with Gasteiger partial charge in [0.2, 0.25) is 0 Å². The van der Waals surface area contributed by atoms with E-state index in [1.54, 1.807) is 54.9 Å². The largest absolute Gasteiger partial charge is 0.396 e. The van der Waals surface area contributed by atoms with Gasteiger partial charge in [-0.1, -0.05) is 23.7 Å². The average molecular weight is 502 g/mol. The topological polar surface area (TPSA) is 41.6 Å². The lowest BCUT2D eigenvalue weighted by atomic mass is 10.0. The molecule has 3 nitrogen and oxygen atoms in total. The standard InChI is InChI=1S/C25H16ClF4N3S/c1-13(25(28,29)30)23-22(33-24(34-23)15-4-3-9-31-12-15)14-7-8-19-16(10-14)11-20(32-19)21-17(26)5-2-6-18(21)27/h2-13,32H,1H3. The molecule has 1 unspecified atom stereocenters. The van der Waals surface area contributed by atoms with Crippen molar-refractivity contribution in [3.8, 4) is 33.1 Å². The number of hydrogen-bond donors (Lipinski definition) is 1. The van der Waals surface area contributed by atoms with Crippen LogP contribution in [0.3, 0.4) is 0 Å². The van der Waals surface area contributed by atoms with E-state index >= 15 is 0 Å². The van der Waals surface area contributed by atoms with Crippen LogP contribution in [0.1, 0.15) is 17.7 Å². The van der Waals surface area contributed by atoms with Crippen molar-refractivity contribution >= 4 is 33.8 Å². The molecule has 1 atom stereocenters. The molecule has 2 aromatic carbocycles. The molecule has 0 bridgehead atoms. The molecule has 5 rings (SSSR count). The number of alkyl halides is 3. The van der Waals surface area contributed by atoms with Crippen molar-refractivity contribution in [1.82, 2.24) is 15.0 Å². The second kappa shape index (κ2) is 8.52. The number of nitrogens with one attached hydrogen (secondary N) is 1. The molecule has 0 aliphatic carbocycles. The highest BCUT2D eigenvalue weighted by molar-refractivity contribution is 7.15. The van der Waals surface area contributed by atoms with Crippen LogP contribution >= 0.6 is 22.9 Å². The van der Waals surface area contributed by atoms with E-state index in [1.807, 2.05) is 0 Å². The lowest BCUT2D eigenvalue weighted by Gasteiger charge is -2.15. The van der Waals surface area contributed by atoms with Crippen molar-refractivity contribution < 1.29 is 17.6 Å². The first kappa shape index (κ1) is 22.6. The number of pyridine rings is 1. The lowest BCUT2D eigenvalue weighted by Crippen LogP contribution is -2.17. The van der Waals surface area contributed by atoms with E-state index in [1.165, 1.54) is 12.1 Å². The van der Waals surface area contributed by atoms with Gasteiger partial charge < -0.3 is 4.98 Å². The van der Waals surface area contributed by atoms with Gasteiger partial charge in [-0.3, -0.25) is 4.98 Å². The number of hydrogen-bond acceptors (Lipinski definition) is 3. The average Bonchev–Trinajstić information content (AvgIpc) is 3.42. The quantitative estimate of drug-likeness (QED) is 0.251. The van der Waals surface area contributed by atoms with Crippen molar-refractivity contribution in [1.29, 1.82) is 0 Å². The smallest absolute Gasteiger partial charge is 0.354 e. The third-order valence-corrected chi connectivity index (χ3v) is 7.17.